The Hall–Kier alpha value is -3.93. The smallest absolute Gasteiger partial charge is 0.306 e. The highest BCUT2D eigenvalue weighted by Crippen LogP contribution is 2.14. The molecular weight excluding hydrogens is 901 g/mol. The first-order chi connectivity index (χ1) is 36.0. The van der Waals surface area contributed by atoms with Gasteiger partial charge in [0.05, 0.1) is 0 Å². The molecular formula is C67H112O6. The van der Waals surface area contributed by atoms with Crippen LogP contribution in [0.2, 0.25) is 0 Å². The van der Waals surface area contributed by atoms with Gasteiger partial charge in [0.25, 0.3) is 0 Å². The van der Waals surface area contributed by atoms with E-state index in [1.54, 1.807) is 0 Å². The lowest BCUT2D eigenvalue weighted by molar-refractivity contribution is -0.167. The van der Waals surface area contributed by atoms with Crippen LogP contribution in [0.4, 0.5) is 0 Å². The van der Waals surface area contributed by atoms with Crippen molar-refractivity contribution >= 4 is 17.9 Å². The Kier molecular flexibility index (Phi) is 57.4. The van der Waals surface area contributed by atoms with E-state index in [2.05, 4.69) is 130 Å². The van der Waals surface area contributed by atoms with Crippen molar-refractivity contribution in [1.29, 1.82) is 0 Å². The van der Waals surface area contributed by atoms with E-state index in [0.29, 0.717) is 19.3 Å². The number of allylic oxidation sites excluding steroid dienone is 18. The van der Waals surface area contributed by atoms with Crippen LogP contribution in [0.15, 0.2) is 109 Å². The van der Waals surface area contributed by atoms with Crippen LogP contribution in [-0.2, 0) is 28.6 Å². The molecule has 0 spiro atoms. The maximum Gasteiger partial charge on any atom is 0.306 e. The maximum absolute atomic E-state index is 12.9. The van der Waals surface area contributed by atoms with Crippen LogP contribution in [0.5, 0.6) is 0 Å². The predicted octanol–water partition coefficient (Wildman–Crippen LogP) is 20.7. The largest absolute Gasteiger partial charge is 0.462 e. The number of carbonyl (C=O) groups excluding carboxylic acids is 3. The van der Waals surface area contributed by atoms with E-state index in [1.807, 2.05) is 0 Å². The highest BCUT2D eigenvalue weighted by atomic mass is 16.6. The molecule has 0 rings (SSSR count). The van der Waals surface area contributed by atoms with Crippen molar-refractivity contribution in [1.82, 2.24) is 0 Å². The quantitative estimate of drug-likeness (QED) is 0.0261. The van der Waals surface area contributed by atoms with Gasteiger partial charge in [0.15, 0.2) is 6.10 Å². The number of ether oxygens (including phenoxy) is 3. The third-order valence-electron chi connectivity index (χ3n) is 12.7. The molecule has 416 valence electrons. The zero-order valence-corrected chi connectivity index (χ0v) is 47.6. The van der Waals surface area contributed by atoms with Gasteiger partial charge >= 0.3 is 17.9 Å². The van der Waals surface area contributed by atoms with Gasteiger partial charge in [0, 0.05) is 19.3 Å². The van der Waals surface area contributed by atoms with Gasteiger partial charge in [-0.3, -0.25) is 14.4 Å². The Balaban J connectivity index is 4.46. The van der Waals surface area contributed by atoms with Crippen LogP contribution in [0.25, 0.3) is 0 Å². The van der Waals surface area contributed by atoms with Gasteiger partial charge in [-0.1, -0.05) is 246 Å². The van der Waals surface area contributed by atoms with E-state index >= 15 is 0 Å². The van der Waals surface area contributed by atoms with Crippen LogP contribution in [-0.4, -0.2) is 37.2 Å². The number of carbonyl (C=O) groups is 3. The second-order valence-corrected chi connectivity index (χ2v) is 19.9. The van der Waals surface area contributed by atoms with Crippen molar-refractivity contribution in [3.8, 4) is 0 Å². The van der Waals surface area contributed by atoms with E-state index in [9.17, 15) is 14.4 Å². The molecule has 6 heteroatoms. The van der Waals surface area contributed by atoms with Gasteiger partial charge < -0.3 is 14.2 Å². The predicted molar refractivity (Wildman–Crippen MR) is 316 cm³/mol. The summed E-state index contributed by atoms with van der Waals surface area (Å²) in [6.45, 7) is 6.46. The van der Waals surface area contributed by atoms with Crippen molar-refractivity contribution in [3.05, 3.63) is 109 Å². The monoisotopic (exact) mass is 1010 g/mol. The van der Waals surface area contributed by atoms with Gasteiger partial charge in [-0.15, -0.1) is 0 Å². The van der Waals surface area contributed by atoms with Gasteiger partial charge in [-0.05, 0) is 122 Å². The number of esters is 3. The van der Waals surface area contributed by atoms with Crippen LogP contribution < -0.4 is 0 Å². The van der Waals surface area contributed by atoms with Crippen molar-refractivity contribution in [2.75, 3.05) is 13.2 Å². The number of hydrogen-bond donors (Lipinski definition) is 0. The molecule has 0 heterocycles. The van der Waals surface area contributed by atoms with Crippen LogP contribution in [0, 0.1) is 0 Å². The summed E-state index contributed by atoms with van der Waals surface area (Å²) >= 11 is 0. The van der Waals surface area contributed by atoms with E-state index in [-0.39, 0.29) is 37.5 Å². The summed E-state index contributed by atoms with van der Waals surface area (Å²) in [6, 6.07) is 0. The summed E-state index contributed by atoms with van der Waals surface area (Å²) < 4.78 is 16.8. The van der Waals surface area contributed by atoms with Gasteiger partial charge in [-0.25, -0.2) is 0 Å². The standard InChI is InChI=1S/C67H112O6/c1-4-7-10-13-16-19-22-25-28-30-31-32-33-34-35-37-39-42-45-48-51-54-57-60-66(69)72-63-64(62-71-65(68)59-56-53-50-47-44-41-38-27-24-21-18-15-12-9-6-3)73-67(70)61-58-55-52-49-46-43-40-36-29-26-23-20-17-14-11-8-5-2/h8,11,17,20,22,25-27,29-31,33-34,38,40,43,49,52,64H,4-7,9-10,12-16,18-19,21,23-24,28,32,35-37,39,41-42,44-48,50-51,53-63H2,1-3H3/b11-8-,20-17-,25-22-,29-26-,31-30-,34-33-,38-27-,43-40-,52-49-. The van der Waals surface area contributed by atoms with Crippen molar-refractivity contribution in [3.63, 3.8) is 0 Å². The average molecular weight is 1010 g/mol. The van der Waals surface area contributed by atoms with Crippen molar-refractivity contribution in [2.24, 2.45) is 0 Å². The third kappa shape index (κ3) is 58.8. The molecule has 0 radical (unpaired) electrons. The van der Waals surface area contributed by atoms with Crippen molar-refractivity contribution < 1.29 is 28.6 Å². The summed E-state index contributed by atoms with van der Waals surface area (Å²) in [6.07, 6.45) is 82.3. The fraction of sp³-hybridized carbons (Fsp3) is 0.687. The molecule has 0 fully saturated rings. The lowest BCUT2D eigenvalue weighted by Gasteiger charge is -2.18. The second kappa shape index (κ2) is 60.6. The molecule has 0 aromatic carbocycles. The normalized spacial score (nSPS) is 12.9. The first-order valence-electron chi connectivity index (χ1n) is 30.4. The first kappa shape index (κ1) is 69.1. The Morgan fingerprint density at radius 1 is 0.288 bits per heavy atom. The fourth-order valence-corrected chi connectivity index (χ4v) is 8.19. The molecule has 0 aliphatic rings. The molecule has 1 atom stereocenters. The lowest BCUT2D eigenvalue weighted by Crippen LogP contribution is -2.30. The SMILES string of the molecule is CC/C=C\C/C=C\C/C=C\C/C=C\C/C=C\CCCC(=O)OC(COC(=O)CCCCCCC/C=C\CCCCCCCC)COC(=O)CCCCCCCCCC/C=C\C/C=C\C/C=C\CCCCCCC. The van der Waals surface area contributed by atoms with Crippen LogP contribution in [0.1, 0.15) is 278 Å². The summed E-state index contributed by atoms with van der Waals surface area (Å²) in [5.41, 5.74) is 0. The molecule has 0 aliphatic carbocycles. The Labute approximate surface area is 450 Å². The summed E-state index contributed by atoms with van der Waals surface area (Å²) in [5, 5.41) is 0. The minimum atomic E-state index is -0.817. The molecule has 0 saturated heterocycles. The Bertz CT molecular complexity index is 1490. The molecule has 0 amide bonds. The summed E-state index contributed by atoms with van der Waals surface area (Å²) in [5.74, 6) is -0.979. The van der Waals surface area contributed by atoms with Gasteiger partial charge in [0.1, 0.15) is 13.2 Å². The Morgan fingerprint density at radius 3 is 0.890 bits per heavy atom. The van der Waals surface area contributed by atoms with Crippen LogP contribution >= 0.6 is 0 Å². The number of rotatable bonds is 54. The molecule has 0 aliphatic heterocycles. The van der Waals surface area contributed by atoms with Crippen molar-refractivity contribution in [2.45, 2.75) is 284 Å². The second-order valence-electron chi connectivity index (χ2n) is 19.9. The summed E-state index contributed by atoms with van der Waals surface area (Å²) in [4.78, 5) is 38.2. The van der Waals surface area contributed by atoms with E-state index in [1.165, 1.54) is 122 Å². The minimum absolute atomic E-state index is 0.108. The molecule has 0 aromatic rings. The molecule has 0 saturated carbocycles. The minimum Gasteiger partial charge on any atom is -0.462 e. The molecule has 1 unspecified atom stereocenters. The summed E-state index contributed by atoms with van der Waals surface area (Å²) in [7, 11) is 0. The Morgan fingerprint density at radius 2 is 0.548 bits per heavy atom. The zero-order chi connectivity index (χ0) is 52.9. The highest BCUT2D eigenvalue weighted by molar-refractivity contribution is 5.71. The molecule has 0 aromatic heterocycles. The van der Waals surface area contributed by atoms with E-state index in [4.69, 9.17) is 14.2 Å². The molecule has 0 bridgehead atoms. The van der Waals surface area contributed by atoms with Gasteiger partial charge in [-0.2, -0.15) is 0 Å². The highest BCUT2D eigenvalue weighted by Gasteiger charge is 2.19. The molecule has 0 N–H and O–H groups in total. The van der Waals surface area contributed by atoms with Crippen LogP contribution in [0.3, 0.4) is 0 Å². The lowest BCUT2D eigenvalue weighted by atomic mass is 10.1. The van der Waals surface area contributed by atoms with Gasteiger partial charge in [0.2, 0.25) is 0 Å². The third-order valence-corrected chi connectivity index (χ3v) is 12.7. The average Bonchev–Trinajstić information content (AvgIpc) is 3.39. The zero-order valence-electron chi connectivity index (χ0n) is 47.6. The maximum atomic E-state index is 12.9. The van der Waals surface area contributed by atoms with E-state index < -0.39 is 6.10 Å². The molecule has 6 nitrogen and oxygen atoms in total. The number of unbranched alkanes of at least 4 members (excludes halogenated alkanes) is 25. The fourth-order valence-electron chi connectivity index (χ4n) is 8.19. The number of hydrogen-bond acceptors (Lipinski definition) is 6. The first-order valence-corrected chi connectivity index (χ1v) is 30.4. The topological polar surface area (TPSA) is 78.9 Å². The van der Waals surface area contributed by atoms with E-state index in [0.717, 1.165) is 109 Å². The molecule has 73 heavy (non-hydrogen) atoms.